The topological polar surface area (TPSA) is 23.5 Å². The number of likely N-dealkylation sites (tertiary alicyclic amines) is 1. The van der Waals surface area contributed by atoms with Gasteiger partial charge in [-0.3, -0.25) is 0 Å². The first kappa shape index (κ1) is 10.7. The van der Waals surface area contributed by atoms with Crippen molar-refractivity contribution in [2.24, 2.45) is 5.92 Å². The van der Waals surface area contributed by atoms with Crippen LogP contribution in [0.4, 0.5) is 0 Å². The molecule has 1 aliphatic heterocycles. The molecule has 2 heteroatoms. The van der Waals surface area contributed by atoms with Crippen molar-refractivity contribution in [1.82, 2.24) is 4.90 Å². The average molecular weight is 183 g/mol. The average Bonchev–Trinajstić information content (AvgIpc) is 2.16. The highest BCUT2D eigenvalue weighted by Gasteiger charge is 2.18. The van der Waals surface area contributed by atoms with E-state index >= 15 is 0 Å². The van der Waals surface area contributed by atoms with Gasteiger partial charge < -0.3 is 10.0 Å². The summed E-state index contributed by atoms with van der Waals surface area (Å²) in [5.74, 6) is 0.726. The van der Waals surface area contributed by atoms with Gasteiger partial charge in [0.15, 0.2) is 0 Å². The van der Waals surface area contributed by atoms with Gasteiger partial charge in [-0.15, -0.1) is 6.58 Å². The normalized spacial score (nSPS) is 24.5. The molecule has 76 valence electrons. The third-order valence-corrected chi connectivity index (χ3v) is 2.79. The molecule has 1 N–H and O–H groups in total. The van der Waals surface area contributed by atoms with Crippen molar-refractivity contribution in [3.05, 3.63) is 12.7 Å². The summed E-state index contributed by atoms with van der Waals surface area (Å²) in [5.41, 5.74) is 0. The zero-order chi connectivity index (χ0) is 9.52. The molecule has 0 aliphatic carbocycles. The maximum atomic E-state index is 8.85. The summed E-state index contributed by atoms with van der Waals surface area (Å²) in [6.07, 6.45) is 6.64. The van der Waals surface area contributed by atoms with Crippen molar-refractivity contribution in [3.8, 4) is 0 Å². The molecule has 0 aromatic carbocycles. The molecule has 2 nitrogen and oxygen atoms in total. The van der Waals surface area contributed by atoms with Gasteiger partial charge >= 0.3 is 0 Å². The Labute approximate surface area is 81.2 Å². The summed E-state index contributed by atoms with van der Waals surface area (Å²) in [7, 11) is 0. The number of piperidine rings is 1. The van der Waals surface area contributed by atoms with Crippen LogP contribution in [0.5, 0.6) is 0 Å². The number of hydrogen-bond acceptors (Lipinski definition) is 2. The van der Waals surface area contributed by atoms with E-state index in [2.05, 4.69) is 11.5 Å². The van der Waals surface area contributed by atoms with Crippen LogP contribution in [0.25, 0.3) is 0 Å². The van der Waals surface area contributed by atoms with E-state index in [4.69, 9.17) is 5.11 Å². The van der Waals surface area contributed by atoms with Crippen molar-refractivity contribution >= 4 is 0 Å². The molecule has 0 aromatic rings. The minimum absolute atomic E-state index is 0.347. The Kier molecular flexibility index (Phi) is 5.09. The zero-order valence-electron chi connectivity index (χ0n) is 8.41. The van der Waals surface area contributed by atoms with E-state index < -0.39 is 0 Å². The van der Waals surface area contributed by atoms with Crippen LogP contribution in [0, 0.1) is 5.92 Å². The van der Waals surface area contributed by atoms with Gasteiger partial charge in [0.25, 0.3) is 0 Å². The second kappa shape index (κ2) is 6.17. The standard InChI is InChI=1S/C11H21NO/c1-2-3-7-12-8-4-5-11(10-12)6-9-13/h2,11,13H,1,3-10H2. The van der Waals surface area contributed by atoms with Gasteiger partial charge in [0.05, 0.1) is 0 Å². The van der Waals surface area contributed by atoms with Crippen molar-refractivity contribution in [1.29, 1.82) is 0 Å². The van der Waals surface area contributed by atoms with Gasteiger partial charge in [-0.2, -0.15) is 0 Å². The first-order valence-electron chi connectivity index (χ1n) is 5.31. The van der Waals surface area contributed by atoms with Crippen LogP contribution in [0.1, 0.15) is 25.7 Å². The van der Waals surface area contributed by atoms with E-state index in [1.165, 1.54) is 25.9 Å². The molecule has 0 bridgehead atoms. The number of aliphatic hydroxyl groups is 1. The highest BCUT2D eigenvalue weighted by molar-refractivity contribution is 4.76. The van der Waals surface area contributed by atoms with E-state index in [9.17, 15) is 0 Å². The lowest BCUT2D eigenvalue weighted by molar-refractivity contribution is 0.150. The van der Waals surface area contributed by atoms with Crippen LogP contribution in [-0.4, -0.2) is 36.2 Å². The molecule has 1 aliphatic rings. The first-order chi connectivity index (χ1) is 6.36. The fraction of sp³-hybridized carbons (Fsp3) is 0.818. The van der Waals surface area contributed by atoms with Gasteiger partial charge in [0.1, 0.15) is 0 Å². The summed E-state index contributed by atoms with van der Waals surface area (Å²) in [5, 5.41) is 8.85. The maximum Gasteiger partial charge on any atom is 0.0434 e. The number of rotatable bonds is 5. The van der Waals surface area contributed by atoms with Crippen molar-refractivity contribution in [2.75, 3.05) is 26.2 Å². The molecular formula is C11H21NO. The maximum absolute atomic E-state index is 8.85. The lowest BCUT2D eigenvalue weighted by Crippen LogP contribution is -2.36. The third-order valence-electron chi connectivity index (χ3n) is 2.79. The van der Waals surface area contributed by atoms with Crippen molar-refractivity contribution in [3.63, 3.8) is 0 Å². The van der Waals surface area contributed by atoms with Crippen LogP contribution in [0.3, 0.4) is 0 Å². The first-order valence-corrected chi connectivity index (χ1v) is 5.31. The zero-order valence-corrected chi connectivity index (χ0v) is 8.41. The number of nitrogens with zero attached hydrogens (tertiary/aromatic N) is 1. The van der Waals surface area contributed by atoms with Crippen molar-refractivity contribution in [2.45, 2.75) is 25.7 Å². The van der Waals surface area contributed by atoms with Crippen LogP contribution >= 0.6 is 0 Å². The molecule has 0 amide bonds. The Morgan fingerprint density at radius 3 is 3.08 bits per heavy atom. The van der Waals surface area contributed by atoms with E-state index in [-0.39, 0.29) is 0 Å². The predicted molar refractivity (Wildman–Crippen MR) is 55.7 cm³/mol. The Morgan fingerprint density at radius 1 is 1.54 bits per heavy atom. The molecule has 13 heavy (non-hydrogen) atoms. The van der Waals surface area contributed by atoms with Crippen molar-refractivity contribution < 1.29 is 5.11 Å². The SMILES string of the molecule is C=CCCN1CCCC(CCO)C1. The molecule has 1 rings (SSSR count). The minimum atomic E-state index is 0.347. The molecule has 0 saturated carbocycles. The Bertz CT molecular complexity index is 145. The molecular weight excluding hydrogens is 162 g/mol. The molecule has 1 saturated heterocycles. The molecule has 0 radical (unpaired) electrons. The number of hydrogen-bond donors (Lipinski definition) is 1. The van der Waals surface area contributed by atoms with Gasteiger partial charge in [-0.25, -0.2) is 0 Å². The highest BCUT2D eigenvalue weighted by Crippen LogP contribution is 2.19. The molecule has 1 fully saturated rings. The van der Waals surface area contributed by atoms with E-state index in [0.717, 1.165) is 25.3 Å². The smallest absolute Gasteiger partial charge is 0.0434 e. The number of aliphatic hydroxyl groups excluding tert-OH is 1. The fourth-order valence-electron chi connectivity index (χ4n) is 2.05. The van der Waals surface area contributed by atoms with Crippen LogP contribution in [0.15, 0.2) is 12.7 Å². The largest absolute Gasteiger partial charge is 0.396 e. The molecule has 1 atom stereocenters. The Morgan fingerprint density at radius 2 is 2.38 bits per heavy atom. The third kappa shape index (κ3) is 3.92. The van der Waals surface area contributed by atoms with E-state index in [1.54, 1.807) is 0 Å². The predicted octanol–water partition coefficient (Wildman–Crippen LogP) is 1.66. The van der Waals surface area contributed by atoms with Crippen LogP contribution in [0.2, 0.25) is 0 Å². The van der Waals surface area contributed by atoms with Gasteiger partial charge in [-0.1, -0.05) is 6.08 Å². The van der Waals surface area contributed by atoms with Gasteiger partial charge in [-0.05, 0) is 38.1 Å². The fourth-order valence-corrected chi connectivity index (χ4v) is 2.05. The lowest BCUT2D eigenvalue weighted by atomic mass is 9.95. The quantitative estimate of drug-likeness (QED) is 0.655. The molecule has 1 unspecified atom stereocenters. The summed E-state index contributed by atoms with van der Waals surface area (Å²) in [6, 6.07) is 0. The summed E-state index contributed by atoms with van der Waals surface area (Å²) < 4.78 is 0. The minimum Gasteiger partial charge on any atom is -0.396 e. The second-order valence-electron chi connectivity index (χ2n) is 3.90. The summed E-state index contributed by atoms with van der Waals surface area (Å²) in [4.78, 5) is 2.49. The lowest BCUT2D eigenvalue weighted by Gasteiger charge is -2.32. The van der Waals surface area contributed by atoms with Gasteiger partial charge in [0.2, 0.25) is 0 Å². The Hall–Kier alpha value is -0.340. The summed E-state index contributed by atoms with van der Waals surface area (Å²) in [6.45, 7) is 7.63. The molecule has 0 spiro atoms. The van der Waals surface area contributed by atoms with E-state index in [1.807, 2.05) is 6.08 Å². The second-order valence-corrected chi connectivity index (χ2v) is 3.90. The highest BCUT2D eigenvalue weighted by atomic mass is 16.3. The van der Waals surface area contributed by atoms with Crippen LogP contribution in [-0.2, 0) is 0 Å². The van der Waals surface area contributed by atoms with Crippen LogP contribution < -0.4 is 0 Å². The van der Waals surface area contributed by atoms with Gasteiger partial charge in [0, 0.05) is 19.7 Å². The Balaban J connectivity index is 2.20. The van der Waals surface area contributed by atoms with E-state index in [0.29, 0.717) is 6.61 Å². The molecule has 0 aromatic heterocycles. The molecule has 1 heterocycles. The monoisotopic (exact) mass is 183 g/mol. The summed E-state index contributed by atoms with van der Waals surface area (Å²) >= 11 is 0.